The topological polar surface area (TPSA) is 181 Å². The number of phenols is 2. The minimum absolute atomic E-state index is 0.0742. The summed E-state index contributed by atoms with van der Waals surface area (Å²) in [6.45, 7) is 0.220. The highest BCUT2D eigenvalue weighted by Gasteiger charge is 2.38. The summed E-state index contributed by atoms with van der Waals surface area (Å²) in [5.74, 6) is 11.2. The van der Waals surface area contributed by atoms with Crippen LogP contribution in [0.2, 0.25) is 0 Å². The molecule has 0 amide bonds. The molecular formula is C32H35N3O7. The summed E-state index contributed by atoms with van der Waals surface area (Å²) in [5.41, 5.74) is 14.3. The minimum Gasteiger partial charge on any atom is -0.504 e. The van der Waals surface area contributed by atoms with Crippen LogP contribution >= 0.6 is 0 Å². The van der Waals surface area contributed by atoms with Crippen molar-refractivity contribution in [2.24, 2.45) is 34.2 Å². The number of aryl methyl sites for hydroxylation is 1. The zero-order chi connectivity index (χ0) is 30.0. The quantitative estimate of drug-likeness (QED) is 0.179. The number of carbonyl (C=O) groups excluding carboxylic acids is 1. The van der Waals surface area contributed by atoms with Gasteiger partial charge in [-0.15, -0.1) is 5.92 Å². The Balaban J connectivity index is 1.65. The van der Waals surface area contributed by atoms with Gasteiger partial charge in [0.15, 0.2) is 29.0 Å². The number of ether oxygens (including phenoxy) is 2. The Morgan fingerprint density at radius 2 is 1.90 bits per heavy atom. The fourth-order valence-corrected chi connectivity index (χ4v) is 5.97. The first-order valence-electron chi connectivity index (χ1n) is 14.0. The standard InChI is InChI=1S/C32H35N3O7/c1-41-29-23-7-3-5-19-13-21-12-18(27(38)14-22(36)10-8-17(23)9-11-26(29)37)4-2-6-20(16-35-32(33)34)25-15-24(21)30(28(19)39)42-31(25)40/h9,11,13,18,20,25,27,31,37-40H,5-6,8,10,12,14-16H2,1H3,(H4,33,34,35). The largest absolute Gasteiger partial charge is 0.504 e. The van der Waals surface area contributed by atoms with E-state index in [0.717, 1.165) is 11.1 Å². The molecule has 0 saturated heterocycles. The Bertz CT molecular complexity index is 1540. The number of aliphatic hydroxyl groups is 2. The smallest absolute Gasteiger partial charge is 0.201 e. The number of methoxy groups -OCH3 is 1. The highest BCUT2D eigenvalue weighted by molar-refractivity contribution is 5.79. The molecule has 42 heavy (non-hydrogen) atoms. The number of ketones is 1. The number of aliphatic hydroxyl groups excluding tert-OH is 2. The second-order valence-electron chi connectivity index (χ2n) is 11.0. The van der Waals surface area contributed by atoms with E-state index in [-0.39, 0.29) is 66.5 Å². The van der Waals surface area contributed by atoms with E-state index < -0.39 is 24.2 Å². The highest BCUT2D eigenvalue weighted by atomic mass is 16.6. The Morgan fingerprint density at radius 1 is 1.10 bits per heavy atom. The van der Waals surface area contributed by atoms with E-state index in [4.69, 9.17) is 20.9 Å². The van der Waals surface area contributed by atoms with Crippen LogP contribution in [-0.4, -0.2) is 58.2 Å². The molecule has 0 saturated carbocycles. The predicted octanol–water partition coefficient (Wildman–Crippen LogP) is 1.29. The summed E-state index contributed by atoms with van der Waals surface area (Å²) in [7, 11) is 1.43. The zero-order valence-electron chi connectivity index (χ0n) is 23.4. The van der Waals surface area contributed by atoms with Gasteiger partial charge < -0.3 is 41.4 Å². The molecule has 0 spiro atoms. The van der Waals surface area contributed by atoms with E-state index in [1.165, 1.54) is 13.2 Å². The van der Waals surface area contributed by atoms with Crippen LogP contribution in [0.1, 0.15) is 47.1 Å². The third-order valence-electron chi connectivity index (χ3n) is 8.27. The monoisotopic (exact) mass is 573 g/mol. The van der Waals surface area contributed by atoms with Crippen molar-refractivity contribution < 1.29 is 34.7 Å². The van der Waals surface area contributed by atoms with Gasteiger partial charge in [0.2, 0.25) is 6.29 Å². The van der Waals surface area contributed by atoms with Gasteiger partial charge in [-0.05, 0) is 42.4 Å². The van der Waals surface area contributed by atoms with Crippen molar-refractivity contribution in [2.45, 2.75) is 57.3 Å². The molecule has 3 aliphatic rings. The van der Waals surface area contributed by atoms with E-state index in [1.807, 2.05) is 6.07 Å². The highest BCUT2D eigenvalue weighted by Crippen LogP contribution is 2.45. The van der Waals surface area contributed by atoms with Gasteiger partial charge in [0, 0.05) is 49.3 Å². The minimum atomic E-state index is -1.23. The van der Waals surface area contributed by atoms with Crippen molar-refractivity contribution in [2.75, 3.05) is 13.7 Å². The van der Waals surface area contributed by atoms with Crippen molar-refractivity contribution >= 4 is 11.7 Å². The van der Waals surface area contributed by atoms with Gasteiger partial charge in [-0.1, -0.05) is 29.9 Å². The molecule has 8 N–H and O–H groups in total. The molecule has 1 aliphatic heterocycles. The van der Waals surface area contributed by atoms with Crippen molar-refractivity contribution in [1.82, 2.24) is 0 Å². The fourth-order valence-electron chi connectivity index (χ4n) is 5.97. The van der Waals surface area contributed by atoms with Crippen LogP contribution in [0.4, 0.5) is 0 Å². The average Bonchev–Trinajstić information content (AvgIpc) is 2.95. The maximum Gasteiger partial charge on any atom is 0.201 e. The van der Waals surface area contributed by atoms with Crippen molar-refractivity contribution in [3.8, 4) is 46.7 Å². The van der Waals surface area contributed by atoms with Crippen molar-refractivity contribution in [1.29, 1.82) is 0 Å². The van der Waals surface area contributed by atoms with Gasteiger partial charge in [0.25, 0.3) is 0 Å². The maximum absolute atomic E-state index is 13.0. The number of hydrogen-bond acceptors (Lipinski definition) is 8. The van der Waals surface area contributed by atoms with Crippen LogP contribution in [0.3, 0.4) is 0 Å². The number of guanidine groups is 1. The summed E-state index contributed by atoms with van der Waals surface area (Å²) in [5, 5.41) is 43.9. The van der Waals surface area contributed by atoms with Crippen LogP contribution < -0.4 is 20.9 Å². The number of nitrogens with zero attached hydrogens (tertiary/aromatic N) is 1. The maximum atomic E-state index is 13.0. The van der Waals surface area contributed by atoms with Crippen LogP contribution in [-0.2, 0) is 30.5 Å². The van der Waals surface area contributed by atoms with Gasteiger partial charge in [-0.25, -0.2) is 0 Å². The Hall–Kier alpha value is -4.38. The number of aromatic hydroxyl groups is 2. The van der Waals surface area contributed by atoms with Gasteiger partial charge >= 0.3 is 0 Å². The van der Waals surface area contributed by atoms with Crippen LogP contribution in [0.25, 0.3) is 0 Å². The lowest BCUT2D eigenvalue weighted by Crippen LogP contribution is -2.40. The van der Waals surface area contributed by atoms with Gasteiger partial charge in [-0.3, -0.25) is 9.79 Å². The number of carbonyl (C=O) groups is 1. The Kier molecular flexibility index (Phi) is 8.49. The van der Waals surface area contributed by atoms with E-state index in [9.17, 15) is 25.2 Å². The summed E-state index contributed by atoms with van der Waals surface area (Å²) in [6.07, 6.45) is -0.682. The summed E-state index contributed by atoms with van der Waals surface area (Å²) < 4.78 is 11.4. The molecule has 10 nitrogen and oxygen atoms in total. The molecule has 0 aromatic heterocycles. The Morgan fingerprint density at radius 3 is 2.67 bits per heavy atom. The molecule has 220 valence electrons. The average molecular weight is 574 g/mol. The Labute approximate surface area is 244 Å². The molecule has 5 rings (SSSR count). The van der Waals surface area contributed by atoms with Crippen molar-refractivity contribution in [3.05, 3.63) is 46.0 Å². The van der Waals surface area contributed by atoms with Crippen LogP contribution in [0.15, 0.2) is 23.2 Å². The van der Waals surface area contributed by atoms with Crippen LogP contribution in [0, 0.1) is 41.4 Å². The van der Waals surface area contributed by atoms with E-state index in [0.29, 0.717) is 42.4 Å². The number of benzene rings is 2. The number of fused-ring (bicyclic) bond motifs is 4. The van der Waals surface area contributed by atoms with E-state index in [2.05, 4.69) is 28.7 Å². The number of hydrogen-bond donors (Lipinski definition) is 6. The molecule has 5 unspecified atom stereocenters. The molecule has 0 radical (unpaired) electrons. The third kappa shape index (κ3) is 5.96. The molecule has 5 atom stereocenters. The normalized spacial score (nSPS) is 24.8. The predicted molar refractivity (Wildman–Crippen MR) is 155 cm³/mol. The molecule has 2 aliphatic carbocycles. The summed E-state index contributed by atoms with van der Waals surface area (Å²) in [6, 6.07) is 5.03. The number of Topliss-reactive ketones (excluding diaryl/α,β-unsaturated/α-hetero) is 1. The van der Waals surface area contributed by atoms with Crippen molar-refractivity contribution in [3.63, 3.8) is 0 Å². The van der Waals surface area contributed by atoms with Gasteiger partial charge in [-0.2, -0.15) is 0 Å². The first-order chi connectivity index (χ1) is 20.2. The molecule has 5 bridgehead atoms. The second kappa shape index (κ2) is 12.2. The van der Waals surface area contributed by atoms with E-state index >= 15 is 0 Å². The SMILES string of the molecule is COc1c(O)ccc2c1C#CCc1cc3c4c(c1O)OC(O)C(C4)C(CN=C(N)N)CC#CC(C3)C(O)CC(=O)CC2. The number of phenolic OH excluding ortho intramolecular Hbond substituents is 2. The summed E-state index contributed by atoms with van der Waals surface area (Å²) in [4.78, 5) is 17.2. The van der Waals surface area contributed by atoms with Gasteiger partial charge in [0.05, 0.1) is 24.7 Å². The first-order valence-corrected chi connectivity index (χ1v) is 14.0. The zero-order valence-corrected chi connectivity index (χ0v) is 23.4. The molecule has 2 aromatic carbocycles. The molecule has 10 heteroatoms. The van der Waals surface area contributed by atoms with Crippen LogP contribution in [0.5, 0.6) is 23.0 Å². The second-order valence-corrected chi connectivity index (χ2v) is 11.0. The lowest BCUT2D eigenvalue weighted by Gasteiger charge is -2.37. The summed E-state index contributed by atoms with van der Waals surface area (Å²) >= 11 is 0. The molecular weight excluding hydrogens is 538 g/mol. The lowest BCUT2D eigenvalue weighted by molar-refractivity contribution is -0.121. The third-order valence-corrected chi connectivity index (χ3v) is 8.27. The first kappa shape index (κ1) is 29.1. The number of rotatable bonds is 3. The number of nitrogens with two attached hydrogens (primary N) is 2. The molecule has 0 fully saturated rings. The van der Waals surface area contributed by atoms with Gasteiger partial charge in [0.1, 0.15) is 5.78 Å². The fraction of sp³-hybridized carbons (Fsp3) is 0.438. The lowest BCUT2D eigenvalue weighted by atomic mass is 9.77. The molecule has 2 aromatic rings. The number of aliphatic imine (C=N–C) groups is 1. The molecule has 1 heterocycles. The van der Waals surface area contributed by atoms with E-state index in [1.54, 1.807) is 6.07 Å².